The van der Waals surface area contributed by atoms with Crippen LogP contribution in [0, 0.1) is 0 Å². The van der Waals surface area contributed by atoms with Crippen molar-refractivity contribution in [1.29, 1.82) is 0 Å². The van der Waals surface area contributed by atoms with Crippen LogP contribution >= 0.6 is 0 Å². The second kappa shape index (κ2) is 4.13. The minimum atomic E-state index is -0.370. The van der Waals surface area contributed by atoms with Crippen molar-refractivity contribution >= 4 is 12.2 Å². The van der Waals surface area contributed by atoms with Gasteiger partial charge in [0.1, 0.15) is 0 Å². The summed E-state index contributed by atoms with van der Waals surface area (Å²) in [4.78, 5) is 27.6. The summed E-state index contributed by atoms with van der Waals surface area (Å²) in [5.74, 6) is 0. The summed E-state index contributed by atoms with van der Waals surface area (Å²) in [6.45, 7) is 1.89. The van der Waals surface area contributed by atoms with E-state index in [0.29, 0.717) is 6.42 Å². The highest BCUT2D eigenvalue weighted by Gasteiger charge is 2.31. The number of hydrogen-bond donors (Lipinski definition) is 0. The highest BCUT2D eigenvalue weighted by molar-refractivity contribution is 5.36. The van der Waals surface area contributed by atoms with E-state index >= 15 is 0 Å². The number of carbonyl (C=O) groups excluding carboxylic acids is 2. The maximum absolute atomic E-state index is 10.1. The standard InChI is InChI=1S/C9H12N2O2/c1-9(11-7-13)4-2-3-8(5-9)10-6-12/h8H,2-5H2,1H3. The Hall–Kier alpha value is -1.24. The summed E-state index contributed by atoms with van der Waals surface area (Å²) >= 11 is 0. The van der Waals surface area contributed by atoms with Gasteiger partial charge in [-0.3, -0.25) is 0 Å². The van der Waals surface area contributed by atoms with E-state index in [1.807, 2.05) is 6.92 Å². The number of isocyanates is 2. The van der Waals surface area contributed by atoms with Crippen molar-refractivity contribution in [2.75, 3.05) is 0 Å². The first kappa shape index (κ1) is 9.85. The Balaban J connectivity index is 2.69. The summed E-state index contributed by atoms with van der Waals surface area (Å²) in [6, 6.07) is -0.0200. The average molecular weight is 180 g/mol. The van der Waals surface area contributed by atoms with Gasteiger partial charge in [-0.1, -0.05) is 0 Å². The molecule has 1 aliphatic carbocycles. The number of aliphatic imine (C=N–C) groups is 2. The molecule has 2 atom stereocenters. The van der Waals surface area contributed by atoms with E-state index in [1.165, 1.54) is 0 Å². The molecule has 1 aliphatic rings. The van der Waals surface area contributed by atoms with Gasteiger partial charge in [0.2, 0.25) is 12.2 Å². The molecule has 1 fully saturated rings. The van der Waals surface area contributed by atoms with Crippen molar-refractivity contribution in [1.82, 2.24) is 0 Å². The molecular formula is C9H12N2O2. The van der Waals surface area contributed by atoms with Crippen LogP contribution in [0.4, 0.5) is 0 Å². The van der Waals surface area contributed by atoms with Gasteiger partial charge in [-0.2, -0.15) is 4.99 Å². The molecule has 0 aromatic heterocycles. The van der Waals surface area contributed by atoms with Gasteiger partial charge < -0.3 is 0 Å². The monoisotopic (exact) mass is 180 g/mol. The van der Waals surface area contributed by atoms with E-state index < -0.39 is 0 Å². The smallest absolute Gasteiger partial charge is 0.211 e. The summed E-state index contributed by atoms with van der Waals surface area (Å²) in [6.07, 6.45) is 6.48. The van der Waals surface area contributed by atoms with Crippen LogP contribution in [0.3, 0.4) is 0 Å². The molecule has 0 saturated heterocycles. The van der Waals surface area contributed by atoms with Crippen LogP contribution < -0.4 is 0 Å². The molecule has 0 N–H and O–H groups in total. The van der Waals surface area contributed by atoms with Crippen LogP contribution in [-0.4, -0.2) is 23.7 Å². The normalized spacial score (nSPS) is 32.8. The number of nitrogens with zero attached hydrogens (tertiary/aromatic N) is 2. The Morgan fingerprint density at radius 3 is 2.77 bits per heavy atom. The Labute approximate surface area is 76.8 Å². The fraction of sp³-hybridized carbons (Fsp3) is 0.778. The number of hydrogen-bond acceptors (Lipinski definition) is 4. The zero-order valence-corrected chi connectivity index (χ0v) is 7.62. The lowest BCUT2D eigenvalue weighted by atomic mass is 9.81. The van der Waals surface area contributed by atoms with E-state index in [4.69, 9.17) is 0 Å². The second-order valence-electron chi connectivity index (χ2n) is 3.67. The minimum absolute atomic E-state index is 0.0200. The maximum atomic E-state index is 10.1. The third-order valence-corrected chi connectivity index (χ3v) is 2.48. The maximum Gasteiger partial charge on any atom is 0.235 e. The molecule has 0 aliphatic heterocycles. The van der Waals surface area contributed by atoms with Crippen molar-refractivity contribution in [2.24, 2.45) is 9.98 Å². The van der Waals surface area contributed by atoms with Crippen LogP contribution in [0.25, 0.3) is 0 Å². The van der Waals surface area contributed by atoms with Gasteiger partial charge in [-0.15, -0.1) is 0 Å². The molecule has 4 heteroatoms. The lowest BCUT2D eigenvalue weighted by molar-refractivity contribution is 0.294. The highest BCUT2D eigenvalue weighted by Crippen LogP contribution is 2.32. The zero-order chi connectivity index (χ0) is 9.73. The van der Waals surface area contributed by atoms with Gasteiger partial charge in [-0.25, -0.2) is 14.6 Å². The Morgan fingerprint density at radius 1 is 1.38 bits per heavy atom. The molecule has 0 heterocycles. The van der Waals surface area contributed by atoms with Crippen LogP contribution in [0.2, 0.25) is 0 Å². The third kappa shape index (κ3) is 2.62. The zero-order valence-electron chi connectivity index (χ0n) is 7.62. The topological polar surface area (TPSA) is 58.9 Å². The first-order chi connectivity index (χ1) is 6.20. The predicted octanol–water partition coefficient (Wildman–Crippen LogP) is 1.36. The molecule has 0 aromatic rings. The molecule has 70 valence electrons. The van der Waals surface area contributed by atoms with Crippen molar-refractivity contribution in [2.45, 2.75) is 44.2 Å². The SMILES string of the molecule is CC1(N=C=O)CCCC(N=C=O)C1. The summed E-state index contributed by atoms with van der Waals surface area (Å²) < 4.78 is 0. The van der Waals surface area contributed by atoms with Crippen LogP contribution in [-0.2, 0) is 9.59 Å². The molecule has 0 amide bonds. The average Bonchev–Trinajstić information content (AvgIpc) is 2.04. The molecule has 1 saturated carbocycles. The summed E-state index contributed by atoms with van der Waals surface area (Å²) in [5, 5.41) is 0. The Bertz CT molecular complexity index is 277. The number of rotatable bonds is 2. The van der Waals surface area contributed by atoms with Gasteiger partial charge in [0.25, 0.3) is 0 Å². The van der Waals surface area contributed by atoms with Gasteiger partial charge >= 0.3 is 0 Å². The lowest BCUT2D eigenvalue weighted by Crippen LogP contribution is -2.32. The van der Waals surface area contributed by atoms with E-state index in [9.17, 15) is 9.59 Å². The molecule has 0 bridgehead atoms. The molecule has 0 radical (unpaired) electrons. The Kier molecular flexibility index (Phi) is 3.13. The molecule has 13 heavy (non-hydrogen) atoms. The van der Waals surface area contributed by atoms with Crippen LogP contribution in [0.5, 0.6) is 0 Å². The molecule has 2 unspecified atom stereocenters. The first-order valence-corrected chi connectivity index (χ1v) is 4.36. The van der Waals surface area contributed by atoms with Crippen molar-refractivity contribution in [3.8, 4) is 0 Å². The van der Waals surface area contributed by atoms with Crippen molar-refractivity contribution < 1.29 is 9.59 Å². The van der Waals surface area contributed by atoms with E-state index in [2.05, 4.69) is 9.98 Å². The first-order valence-electron chi connectivity index (χ1n) is 4.36. The highest BCUT2D eigenvalue weighted by atomic mass is 16.1. The molecular weight excluding hydrogens is 168 g/mol. The fourth-order valence-electron chi connectivity index (χ4n) is 1.83. The Morgan fingerprint density at radius 2 is 2.15 bits per heavy atom. The van der Waals surface area contributed by atoms with E-state index in [-0.39, 0.29) is 11.6 Å². The fourth-order valence-corrected chi connectivity index (χ4v) is 1.83. The van der Waals surface area contributed by atoms with Crippen LogP contribution in [0.15, 0.2) is 9.98 Å². The van der Waals surface area contributed by atoms with Gasteiger partial charge in [0.15, 0.2) is 0 Å². The lowest BCUT2D eigenvalue weighted by Gasteiger charge is -2.31. The minimum Gasteiger partial charge on any atom is -0.211 e. The van der Waals surface area contributed by atoms with E-state index in [0.717, 1.165) is 19.3 Å². The molecule has 0 spiro atoms. The third-order valence-electron chi connectivity index (χ3n) is 2.48. The van der Waals surface area contributed by atoms with Gasteiger partial charge in [-0.05, 0) is 32.6 Å². The van der Waals surface area contributed by atoms with E-state index in [1.54, 1.807) is 12.2 Å². The predicted molar refractivity (Wildman–Crippen MR) is 46.9 cm³/mol. The van der Waals surface area contributed by atoms with Crippen molar-refractivity contribution in [3.05, 3.63) is 0 Å². The molecule has 0 aromatic carbocycles. The second-order valence-corrected chi connectivity index (χ2v) is 3.67. The van der Waals surface area contributed by atoms with Crippen LogP contribution in [0.1, 0.15) is 32.6 Å². The molecule has 4 nitrogen and oxygen atoms in total. The summed E-state index contributed by atoms with van der Waals surface area (Å²) in [5.41, 5.74) is -0.370. The largest absolute Gasteiger partial charge is 0.235 e. The van der Waals surface area contributed by atoms with Crippen molar-refractivity contribution in [3.63, 3.8) is 0 Å². The van der Waals surface area contributed by atoms with Gasteiger partial charge in [0, 0.05) is 0 Å². The van der Waals surface area contributed by atoms with Gasteiger partial charge in [0.05, 0.1) is 11.6 Å². The molecule has 1 rings (SSSR count). The quantitative estimate of drug-likeness (QED) is 0.476. The summed E-state index contributed by atoms with van der Waals surface area (Å²) in [7, 11) is 0.